The number of para-hydroxylation sites is 1. The summed E-state index contributed by atoms with van der Waals surface area (Å²) in [6, 6.07) is 26.1. The van der Waals surface area contributed by atoms with Gasteiger partial charge in [0.25, 0.3) is 0 Å². The number of nitrogen functional groups attached to an aromatic ring is 1. The number of rotatable bonds is 4. The van der Waals surface area contributed by atoms with Gasteiger partial charge in [-0.3, -0.25) is 0 Å². The molecular formula is C25H19N3O2. The van der Waals surface area contributed by atoms with Crippen molar-refractivity contribution in [1.29, 1.82) is 5.26 Å². The lowest BCUT2D eigenvalue weighted by Gasteiger charge is -2.13. The molecule has 5 nitrogen and oxygen atoms in total. The van der Waals surface area contributed by atoms with Crippen LogP contribution in [0.4, 0.5) is 5.82 Å². The number of nitrogens with zero attached hydrogens (tertiary/aromatic N) is 2. The van der Waals surface area contributed by atoms with E-state index in [-0.39, 0.29) is 17.1 Å². The van der Waals surface area contributed by atoms with Crippen LogP contribution >= 0.6 is 0 Å². The van der Waals surface area contributed by atoms with Gasteiger partial charge in [0, 0.05) is 11.1 Å². The first-order chi connectivity index (χ1) is 14.5. The Morgan fingerprint density at radius 2 is 1.63 bits per heavy atom. The third-order valence-corrected chi connectivity index (χ3v) is 4.75. The average Bonchev–Trinajstić information content (AvgIpc) is 2.76. The van der Waals surface area contributed by atoms with Crippen molar-refractivity contribution in [1.82, 2.24) is 4.98 Å². The van der Waals surface area contributed by atoms with E-state index < -0.39 is 0 Å². The molecule has 0 radical (unpaired) electrons. The van der Waals surface area contributed by atoms with Gasteiger partial charge in [-0.05, 0) is 42.8 Å². The van der Waals surface area contributed by atoms with E-state index in [2.05, 4.69) is 11.1 Å². The first-order valence-electron chi connectivity index (χ1n) is 9.39. The van der Waals surface area contributed by atoms with Crippen molar-refractivity contribution in [3.05, 3.63) is 90.0 Å². The SMILES string of the molecule is Cc1ccc(-c2cc(-c3ccc(Oc4ccccc4)c(O)c3)c(C#N)c(N)n2)cc1. The van der Waals surface area contributed by atoms with Gasteiger partial charge in [-0.25, -0.2) is 4.98 Å². The highest BCUT2D eigenvalue weighted by Crippen LogP contribution is 2.37. The van der Waals surface area contributed by atoms with Crippen LogP contribution in [0.1, 0.15) is 11.1 Å². The highest BCUT2D eigenvalue weighted by molar-refractivity contribution is 5.81. The van der Waals surface area contributed by atoms with E-state index in [1.165, 1.54) is 0 Å². The number of aromatic nitrogens is 1. The Balaban J connectivity index is 1.76. The fraction of sp³-hybridized carbons (Fsp3) is 0.0400. The summed E-state index contributed by atoms with van der Waals surface area (Å²) in [4.78, 5) is 4.39. The van der Waals surface area contributed by atoms with E-state index in [1.54, 1.807) is 30.3 Å². The molecule has 0 aliphatic carbocycles. The van der Waals surface area contributed by atoms with Crippen LogP contribution in [-0.4, -0.2) is 10.1 Å². The number of phenolic OH excluding ortho intramolecular Hbond substituents is 1. The normalized spacial score (nSPS) is 10.4. The molecule has 4 aromatic rings. The smallest absolute Gasteiger partial charge is 0.169 e. The predicted molar refractivity (Wildman–Crippen MR) is 117 cm³/mol. The first-order valence-corrected chi connectivity index (χ1v) is 9.39. The number of phenols is 1. The number of hydrogen-bond acceptors (Lipinski definition) is 5. The molecule has 0 amide bonds. The van der Waals surface area contributed by atoms with Gasteiger partial charge in [-0.2, -0.15) is 5.26 Å². The molecule has 0 aliphatic rings. The lowest BCUT2D eigenvalue weighted by molar-refractivity contribution is 0.411. The number of pyridine rings is 1. The lowest BCUT2D eigenvalue weighted by Crippen LogP contribution is -2.00. The monoisotopic (exact) mass is 393 g/mol. The molecule has 30 heavy (non-hydrogen) atoms. The lowest BCUT2D eigenvalue weighted by atomic mass is 9.98. The third kappa shape index (κ3) is 3.80. The van der Waals surface area contributed by atoms with Crippen LogP contribution in [0.25, 0.3) is 22.4 Å². The molecule has 1 aromatic heterocycles. The number of ether oxygens (including phenoxy) is 1. The van der Waals surface area contributed by atoms with Crippen LogP contribution in [0, 0.1) is 18.3 Å². The minimum absolute atomic E-state index is 0.0347. The molecular weight excluding hydrogens is 374 g/mol. The summed E-state index contributed by atoms with van der Waals surface area (Å²) in [6.45, 7) is 2.01. The zero-order valence-corrected chi connectivity index (χ0v) is 16.3. The quantitative estimate of drug-likeness (QED) is 0.466. The van der Waals surface area contributed by atoms with Crippen LogP contribution in [0.15, 0.2) is 78.9 Å². The summed E-state index contributed by atoms with van der Waals surface area (Å²) in [6.07, 6.45) is 0. The van der Waals surface area contributed by atoms with Crippen molar-refractivity contribution in [3.63, 3.8) is 0 Å². The number of anilines is 1. The second kappa shape index (κ2) is 7.98. The molecule has 5 heteroatoms. The van der Waals surface area contributed by atoms with Crippen LogP contribution < -0.4 is 10.5 Å². The molecule has 0 unspecified atom stereocenters. The predicted octanol–water partition coefficient (Wildman–Crippen LogP) is 5.68. The standard InChI is InChI=1S/C25H19N3O2/c1-16-7-9-17(10-8-16)22-14-20(21(15-26)25(27)28-22)18-11-12-24(23(29)13-18)30-19-5-3-2-4-6-19/h2-14,29H,1H3,(H2,27,28). The largest absolute Gasteiger partial charge is 0.504 e. The number of benzene rings is 3. The Bertz CT molecular complexity index is 1240. The third-order valence-electron chi connectivity index (χ3n) is 4.75. The summed E-state index contributed by atoms with van der Waals surface area (Å²) in [7, 11) is 0. The second-order valence-corrected chi connectivity index (χ2v) is 6.89. The maximum Gasteiger partial charge on any atom is 0.169 e. The van der Waals surface area contributed by atoms with Gasteiger partial charge in [0.2, 0.25) is 0 Å². The molecule has 146 valence electrons. The van der Waals surface area contributed by atoms with E-state index in [1.807, 2.05) is 55.5 Å². The van der Waals surface area contributed by atoms with Gasteiger partial charge in [0.05, 0.1) is 5.69 Å². The number of nitrogens with two attached hydrogens (primary N) is 1. The van der Waals surface area contributed by atoms with Crippen LogP contribution in [0.5, 0.6) is 17.2 Å². The second-order valence-electron chi connectivity index (χ2n) is 6.89. The zero-order valence-electron chi connectivity index (χ0n) is 16.3. The molecule has 0 fully saturated rings. The topological polar surface area (TPSA) is 92.2 Å². The zero-order chi connectivity index (χ0) is 21.1. The Kier molecular flexibility index (Phi) is 5.06. The van der Waals surface area contributed by atoms with Crippen LogP contribution in [-0.2, 0) is 0 Å². The number of hydrogen-bond donors (Lipinski definition) is 2. The van der Waals surface area contributed by atoms with Gasteiger partial charge >= 0.3 is 0 Å². The number of nitriles is 1. The van der Waals surface area contributed by atoms with Gasteiger partial charge in [-0.1, -0.05) is 54.1 Å². The van der Waals surface area contributed by atoms with Crippen molar-refractivity contribution in [3.8, 4) is 45.7 Å². The van der Waals surface area contributed by atoms with E-state index in [0.29, 0.717) is 28.3 Å². The summed E-state index contributed by atoms with van der Waals surface area (Å²) >= 11 is 0. The Labute approximate surface area is 174 Å². The van der Waals surface area contributed by atoms with E-state index in [0.717, 1.165) is 11.1 Å². The maximum absolute atomic E-state index is 10.5. The Morgan fingerprint density at radius 3 is 2.30 bits per heavy atom. The maximum atomic E-state index is 10.5. The summed E-state index contributed by atoms with van der Waals surface area (Å²) < 4.78 is 5.73. The molecule has 1 heterocycles. The van der Waals surface area contributed by atoms with Crippen molar-refractivity contribution >= 4 is 5.82 Å². The van der Waals surface area contributed by atoms with Crippen molar-refractivity contribution in [2.45, 2.75) is 6.92 Å². The van der Waals surface area contributed by atoms with Crippen molar-refractivity contribution in [2.24, 2.45) is 0 Å². The molecule has 3 aromatic carbocycles. The summed E-state index contributed by atoms with van der Waals surface area (Å²) in [5.41, 5.74) is 10.3. The molecule has 4 rings (SSSR count). The molecule has 0 spiro atoms. The summed E-state index contributed by atoms with van der Waals surface area (Å²) in [5, 5.41) is 20.1. The Morgan fingerprint density at radius 1 is 0.933 bits per heavy atom. The Hall–Kier alpha value is -4.30. The van der Waals surface area contributed by atoms with E-state index in [4.69, 9.17) is 10.5 Å². The molecule has 0 aliphatic heterocycles. The molecule has 0 bridgehead atoms. The number of aromatic hydroxyl groups is 1. The van der Waals surface area contributed by atoms with E-state index >= 15 is 0 Å². The van der Waals surface area contributed by atoms with Gasteiger partial charge in [0.1, 0.15) is 23.2 Å². The van der Waals surface area contributed by atoms with Gasteiger partial charge in [-0.15, -0.1) is 0 Å². The molecule has 0 saturated carbocycles. The number of aryl methyl sites for hydroxylation is 1. The van der Waals surface area contributed by atoms with Crippen molar-refractivity contribution < 1.29 is 9.84 Å². The molecule has 0 atom stereocenters. The highest BCUT2D eigenvalue weighted by atomic mass is 16.5. The van der Waals surface area contributed by atoms with Crippen LogP contribution in [0.2, 0.25) is 0 Å². The van der Waals surface area contributed by atoms with Gasteiger partial charge in [0.15, 0.2) is 11.5 Å². The first kappa shape index (κ1) is 19.0. The minimum Gasteiger partial charge on any atom is -0.504 e. The molecule has 3 N–H and O–H groups in total. The summed E-state index contributed by atoms with van der Waals surface area (Å²) in [5.74, 6) is 1.06. The minimum atomic E-state index is -0.0347. The fourth-order valence-electron chi connectivity index (χ4n) is 3.17. The van der Waals surface area contributed by atoms with Crippen LogP contribution in [0.3, 0.4) is 0 Å². The average molecular weight is 393 g/mol. The van der Waals surface area contributed by atoms with Crippen molar-refractivity contribution in [2.75, 3.05) is 5.73 Å². The van der Waals surface area contributed by atoms with E-state index in [9.17, 15) is 10.4 Å². The fourth-order valence-corrected chi connectivity index (χ4v) is 3.17. The molecule has 0 saturated heterocycles. The highest BCUT2D eigenvalue weighted by Gasteiger charge is 2.15. The van der Waals surface area contributed by atoms with Gasteiger partial charge < -0.3 is 15.6 Å².